The van der Waals surface area contributed by atoms with Crippen LogP contribution in [0.3, 0.4) is 0 Å². The molecule has 0 spiro atoms. The molecule has 0 aromatic rings. The first-order chi connectivity index (χ1) is 6.34. The van der Waals surface area contributed by atoms with Crippen LogP contribution in [0.2, 0.25) is 0 Å². The van der Waals surface area contributed by atoms with Crippen LogP contribution in [0.5, 0.6) is 0 Å². The van der Waals surface area contributed by atoms with Crippen molar-refractivity contribution in [1.82, 2.24) is 4.90 Å². The van der Waals surface area contributed by atoms with Crippen molar-refractivity contribution in [3.05, 3.63) is 24.4 Å². The summed E-state index contributed by atoms with van der Waals surface area (Å²) in [5.41, 5.74) is 1.33. The maximum absolute atomic E-state index is 5.29. The van der Waals surface area contributed by atoms with Gasteiger partial charge in [-0.05, 0) is 13.0 Å². The number of methoxy groups -OCH3 is 1. The molecule has 0 aromatic heterocycles. The molecule has 82 valence electrons. The highest BCUT2D eigenvalue weighted by Gasteiger charge is 2.22. The van der Waals surface area contributed by atoms with E-state index in [4.69, 9.17) is 4.74 Å². The summed E-state index contributed by atoms with van der Waals surface area (Å²) in [5.74, 6) is 0. The predicted molar refractivity (Wildman–Crippen MR) is 62.0 cm³/mol. The lowest BCUT2D eigenvalue weighted by atomic mass is 9.90. The molecule has 0 amide bonds. The van der Waals surface area contributed by atoms with Crippen molar-refractivity contribution in [2.75, 3.05) is 14.2 Å². The number of rotatable bonds is 4. The Bertz CT molecular complexity index is 213. The first-order valence-corrected chi connectivity index (χ1v) is 4.93. The normalized spacial score (nSPS) is 15.1. The van der Waals surface area contributed by atoms with Gasteiger partial charge in [-0.3, -0.25) is 0 Å². The third kappa shape index (κ3) is 3.54. The monoisotopic (exact) mass is 197 g/mol. The van der Waals surface area contributed by atoms with Crippen LogP contribution in [0.4, 0.5) is 0 Å². The van der Waals surface area contributed by atoms with Gasteiger partial charge in [-0.1, -0.05) is 33.4 Å². The molecular weight excluding hydrogens is 174 g/mol. The molecule has 0 radical (unpaired) electrons. The van der Waals surface area contributed by atoms with Crippen molar-refractivity contribution in [3.8, 4) is 0 Å². The van der Waals surface area contributed by atoms with E-state index < -0.39 is 0 Å². The molecule has 0 aliphatic heterocycles. The Kier molecular flexibility index (Phi) is 4.92. The summed E-state index contributed by atoms with van der Waals surface area (Å²) in [6, 6.07) is 0. The van der Waals surface area contributed by atoms with Crippen LogP contribution in [0.1, 0.15) is 27.7 Å². The SMILES string of the molecule is C=C/C=C(\N(C)C(C)OC)C(C)(C)C. The van der Waals surface area contributed by atoms with Gasteiger partial charge >= 0.3 is 0 Å². The number of ether oxygens (including phenoxy) is 1. The van der Waals surface area contributed by atoms with E-state index in [1.165, 1.54) is 5.70 Å². The summed E-state index contributed by atoms with van der Waals surface area (Å²) in [5, 5.41) is 0. The summed E-state index contributed by atoms with van der Waals surface area (Å²) >= 11 is 0. The molecule has 0 aliphatic carbocycles. The minimum Gasteiger partial charge on any atom is -0.362 e. The van der Waals surface area contributed by atoms with Crippen LogP contribution in [0, 0.1) is 5.41 Å². The van der Waals surface area contributed by atoms with Crippen molar-refractivity contribution in [1.29, 1.82) is 0 Å². The molecule has 0 N–H and O–H groups in total. The Labute approximate surface area is 88.2 Å². The summed E-state index contributed by atoms with van der Waals surface area (Å²) in [4.78, 5) is 2.13. The zero-order valence-corrected chi connectivity index (χ0v) is 10.3. The van der Waals surface area contributed by atoms with Crippen LogP contribution in [-0.2, 0) is 4.74 Å². The number of allylic oxidation sites excluding steroid dienone is 3. The van der Waals surface area contributed by atoms with Crippen molar-refractivity contribution in [3.63, 3.8) is 0 Å². The molecule has 2 nitrogen and oxygen atoms in total. The Morgan fingerprint density at radius 2 is 1.93 bits per heavy atom. The fourth-order valence-electron chi connectivity index (χ4n) is 1.36. The Morgan fingerprint density at radius 1 is 1.43 bits per heavy atom. The smallest absolute Gasteiger partial charge is 0.126 e. The third-order valence-electron chi connectivity index (χ3n) is 2.31. The first kappa shape index (κ1) is 13.2. The van der Waals surface area contributed by atoms with E-state index in [1.807, 2.05) is 26.1 Å². The van der Waals surface area contributed by atoms with Gasteiger partial charge in [-0.15, -0.1) is 0 Å². The van der Waals surface area contributed by atoms with Crippen LogP contribution >= 0.6 is 0 Å². The molecule has 0 aliphatic rings. The highest BCUT2D eigenvalue weighted by Crippen LogP contribution is 2.28. The summed E-state index contributed by atoms with van der Waals surface area (Å²) in [6.07, 6.45) is 3.94. The van der Waals surface area contributed by atoms with Gasteiger partial charge in [0, 0.05) is 25.3 Å². The van der Waals surface area contributed by atoms with E-state index in [9.17, 15) is 0 Å². The van der Waals surface area contributed by atoms with Crippen molar-refractivity contribution >= 4 is 0 Å². The highest BCUT2D eigenvalue weighted by molar-refractivity contribution is 5.15. The molecule has 0 saturated carbocycles. The second-order valence-electron chi connectivity index (χ2n) is 4.48. The molecule has 0 rings (SSSR count). The van der Waals surface area contributed by atoms with Gasteiger partial charge in [0.2, 0.25) is 0 Å². The first-order valence-electron chi connectivity index (χ1n) is 4.93. The average Bonchev–Trinajstić information content (AvgIpc) is 2.09. The van der Waals surface area contributed by atoms with Crippen molar-refractivity contribution in [2.24, 2.45) is 5.41 Å². The molecule has 0 aromatic carbocycles. The van der Waals surface area contributed by atoms with E-state index >= 15 is 0 Å². The van der Waals surface area contributed by atoms with Gasteiger partial charge in [0.05, 0.1) is 0 Å². The number of nitrogens with zero attached hydrogens (tertiary/aromatic N) is 1. The number of hydrogen-bond acceptors (Lipinski definition) is 2. The summed E-state index contributed by atoms with van der Waals surface area (Å²) in [6.45, 7) is 12.3. The average molecular weight is 197 g/mol. The lowest BCUT2D eigenvalue weighted by Crippen LogP contribution is -2.35. The van der Waals surface area contributed by atoms with Crippen LogP contribution in [-0.4, -0.2) is 25.3 Å². The quantitative estimate of drug-likeness (QED) is 0.507. The van der Waals surface area contributed by atoms with Crippen LogP contribution < -0.4 is 0 Å². The molecule has 2 heteroatoms. The van der Waals surface area contributed by atoms with Crippen molar-refractivity contribution < 1.29 is 4.74 Å². The minimum atomic E-state index is 0.0837. The topological polar surface area (TPSA) is 12.5 Å². The molecule has 1 atom stereocenters. The highest BCUT2D eigenvalue weighted by atomic mass is 16.5. The largest absolute Gasteiger partial charge is 0.362 e. The maximum Gasteiger partial charge on any atom is 0.126 e. The molecule has 1 unspecified atom stereocenters. The van der Waals surface area contributed by atoms with E-state index in [-0.39, 0.29) is 11.6 Å². The fourth-order valence-corrected chi connectivity index (χ4v) is 1.36. The zero-order valence-electron chi connectivity index (χ0n) is 10.3. The molecule has 0 heterocycles. The second-order valence-corrected chi connectivity index (χ2v) is 4.48. The molecule has 0 saturated heterocycles. The number of hydrogen-bond donors (Lipinski definition) is 0. The van der Waals surface area contributed by atoms with Gasteiger partial charge in [0.25, 0.3) is 0 Å². The zero-order chi connectivity index (χ0) is 11.4. The van der Waals surface area contributed by atoms with Crippen LogP contribution in [0.25, 0.3) is 0 Å². The maximum atomic E-state index is 5.29. The molecule has 0 bridgehead atoms. The Balaban J connectivity index is 4.85. The Hall–Kier alpha value is -0.760. The fraction of sp³-hybridized carbons (Fsp3) is 0.667. The third-order valence-corrected chi connectivity index (χ3v) is 2.31. The van der Waals surface area contributed by atoms with Crippen molar-refractivity contribution in [2.45, 2.75) is 33.9 Å². The van der Waals surface area contributed by atoms with Gasteiger partial charge in [0.1, 0.15) is 6.23 Å². The van der Waals surface area contributed by atoms with Crippen LogP contribution in [0.15, 0.2) is 24.4 Å². The van der Waals surface area contributed by atoms with E-state index in [0.717, 1.165) is 0 Å². The molecule has 0 fully saturated rings. The second kappa shape index (κ2) is 5.20. The van der Waals surface area contributed by atoms with E-state index in [2.05, 4.69) is 32.3 Å². The lowest BCUT2D eigenvalue weighted by molar-refractivity contribution is 0.00590. The lowest BCUT2D eigenvalue weighted by Gasteiger charge is -2.35. The summed E-state index contributed by atoms with van der Waals surface area (Å²) in [7, 11) is 3.75. The van der Waals surface area contributed by atoms with Gasteiger partial charge < -0.3 is 9.64 Å². The summed E-state index contributed by atoms with van der Waals surface area (Å²) < 4.78 is 5.29. The minimum absolute atomic E-state index is 0.0837. The standard InChI is InChI=1S/C12H23NO/c1-8-9-11(12(3,4)5)13(6)10(2)14-7/h8-10H,1H2,2-7H3/b11-9-. The van der Waals surface area contributed by atoms with Gasteiger partial charge in [0.15, 0.2) is 0 Å². The van der Waals surface area contributed by atoms with Gasteiger partial charge in [-0.2, -0.15) is 0 Å². The molecule has 14 heavy (non-hydrogen) atoms. The van der Waals surface area contributed by atoms with Gasteiger partial charge in [-0.25, -0.2) is 0 Å². The predicted octanol–water partition coefficient (Wildman–Crippen LogP) is 3.03. The van der Waals surface area contributed by atoms with E-state index in [1.54, 1.807) is 7.11 Å². The van der Waals surface area contributed by atoms with E-state index in [0.29, 0.717) is 0 Å². The molecular formula is C12H23NO. The Morgan fingerprint density at radius 3 is 2.21 bits per heavy atom.